The van der Waals surface area contributed by atoms with Crippen molar-refractivity contribution in [1.82, 2.24) is 0 Å². The maximum absolute atomic E-state index is 11.5. The average molecular weight is 440 g/mol. The second kappa shape index (κ2) is 5.89. The van der Waals surface area contributed by atoms with Gasteiger partial charge in [-0.05, 0) is 102 Å². The minimum atomic E-state index is -0.136. The normalized spacial score (nSPS) is 37.3. The van der Waals surface area contributed by atoms with Crippen molar-refractivity contribution in [2.75, 3.05) is 0 Å². The van der Waals surface area contributed by atoms with Crippen LogP contribution in [0.25, 0.3) is 0 Å². The monoisotopic (exact) mass is 440 g/mol. The number of hydrogen-bond acceptors (Lipinski definition) is 3. The molecule has 5 atom stereocenters. The van der Waals surface area contributed by atoms with Crippen molar-refractivity contribution in [3.63, 3.8) is 0 Å². The fraction of sp³-hybridized carbons (Fsp3) is 0.650. The second-order valence-electron chi connectivity index (χ2n) is 8.14. The number of aromatic hydroxyl groups is 1. The van der Waals surface area contributed by atoms with E-state index in [0.29, 0.717) is 23.5 Å². The van der Waals surface area contributed by atoms with Gasteiger partial charge in [-0.1, -0.05) is 6.92 Å². The predicted octanol–water partition coefficient (Wildman–Crippen LogP) is 4.78. The largest absolute Gasteiger partial charge is 0.507 e. The Labute approximate surface area is 157 Å². The molecule has 1 unspecified atom stereocenters. The molecule has 0 saturated heterocycles. The van der Waals surface area contributed by atoms with Gasteiger partial charge >= 0.3 is 5.97 Å². The standard InChI is InChI=1S/C20H25IO3/c1-11(22)24-19-6-5-16-14-4-3-12-9-18(23)17(21)10-15(12)13(14)7-8-20(16,19)2/h9-10,13-14,16,19,23H,3-8H2,1-2H3/t13-,14+,16-,19?,20-/m0/s1. The summed E-state index contributed by atoms with van der Waals surface area (Å²) in [6.45, 7) is 3.89. The van der Waals surface area contributed by atoms with Crippen LogP contribution >= 0.6 is 22.6 Å². The lowest BCUT2D eigenvalue weighted by atomic mass is 9.55. The topological polar surface area (TPSA) is 46.5 Å². The molecule has 0 heterocycles. The molecule has 2 saturated carbocycles. The maximum atomic E-state index is 11.5. The van der Waals surface area contributed by atoms with E-state index in [1.54, 1.807) is 0 Å². The van der Waals surface area contributed by atoms with Crippen LogP contribution in [0.15, 0.2) is 12.1 Å². The molecule has 3 aliphatic rings. The highest BCUT2D eigenvalue weighted by atomic mass is 127. The third-order valence-corrected chi connectivity index (χ3v) is 7.88. The third kappa shape index (κ3) is 2.47. The lowest BCUT2D eigenvalue weighted by Gasteiger charge is -2.50. The summed E-state index contributed by atoms with van der Waals surface area (Å²) in [5.74, 6) is 2.24. The van der Waals surface area contributed by atoms with E-state index in [2.05, 4.69) is 35.6 Å². The summed E-state index contributed by atoms with van der Waals surface area (Å²) in [5, 5.41) is 10.0. The number of aryl methyl sites for hydroxylation is 1. The van der Waals surface area contributed by atoms with Crippen LogP contribution in [0.4, 0.5) is 0 Å². The number of phenolic OH excluding ortho intramolecular Hbond substituents is 1. The number of esters is 1. The molecule has 0 spiro atoms. The fourth-order valence-electron chi connectivity index (χ4n) is 5.93. The molecule has 24 heavy (non-hydrogen) atoms. The zero-order chi connectivity index (χ0) is 17.1. The van der Waals surface area contributed by atoms with Crippen LogP contribution in [0.2, 0.25) is 0 Å². The molecule has 0 aromatic heterocycles. The summed E-state index contributed by atoms with van der Waals surface area (Å²) in [7, 11) is 0. The van der Waals surface area contributed by atoms with Crippen LogP contribution in [-0.2, 0) is 16.0 Å². The highest BCUT2D eigenvalue weighted by Gasteiger charge is 2.56. The Balaban J connectivity index is 1.65. The van der Waals surface area contributed by atoms with Gasteiger partial charge in [0.25, 0.3) is 0 Å². The van der Waals surface area contributed by atoms with E-state index in [0.717, 1.165) is 22.8 Å². The quantitative estimate of drug-likeness (QED) is 0.505. The Bertz CT molecular complexity index is 686. The van der Waals surface area contributed by atoms with Crippen LogP contribution in [0.3, 0.4) is 0 Å². The molecule has 1 N–H and O–H groups in total. The van der Waals surface area contributed by atoms with Crippen molar-refractivity contribution >= 4 is 28.6 Å². The van der Waals surface area contributed by atoms with E-state index in [1.807, 2.05) is 6.07 Å². The Morgan fingerprint density at radius 3 is 2.83 bits per heavy atom. The van der Waals surface area contributed by atoms with Crippen LogP contribution in [-0.4, -0.2) is 17.2 Å². The number of halogens is 1. The summed E-state index contributed by atoms with van der Waals surface area (Å²) < 4.78 is 6.66. The van der Waals surface area contributed by atoms with E-state index in [-0.39, 0.29) is 17.5 Å². The SMILES string of the molecule is CC(=O)OC1CC[C@H]2[C@@H]3CCc4cc(O)c(I)cc4[C@H]3CC[C@]12C. The Morgan fingerprint density at radius 1 is 1.29 bits per heavy atom. The van der Waals surface area contributed by atoms with Gasteiger partial charge in [0.2, 0.25) is 0 Å². The molecule has 0 aliphatic heterocycles. The number of benzene rings is 1. The molecule has 130 valence electrons. The molecule has 1 aromatic carbocycles. The number of phenols is 1. The second-order valence-corrected chi connectivity index (χ2v) is 9.30. The van der Waals surface area contributed by atoms with Gasteiger partial charge < -0.3 is 9.84 Å². The van der Waals surface area contributed by atoms with Gasteiger partial charge in [0.05, 0.1) is 3.57 Å². The fourth-order valence-corrected chi connectivity index (χ4v) is 6.42. The van der Waals surface area contributed by atoms with Crippen molar-refractivity contribution < 1.29 is 14.6 Å². The highest BCUT2D eigenvalue weighted by Crippen LogP contribution is 2.61. The molecule has 3 nitrogen and oxygen atoms in total. The maximum Gasteiger partial charge on any atom is 0.302 e. The first-order valence-corrected chi connectivity index (χ1v) is 10.2. The van der Waals surface area contributed by atoms with Crippen LogP contribution in [0, 0.1) is 20.8 Å². The molecule has 2 fully saturated rings. The first-order chi connectivity index (χ1) is 11.4. The van der Waals surface area contributed by atoms with Crippen molar-refractivity contribution in [1.29, 1.82) is 0 Å². The van der Waals surface area contributed by atoms with Crippen LogP contribution < -0.4 is 0 Å². The average Bonchev–Trinajstić information content (AvgIpc) is 2.85. The highest BCUT2D eigenvalue weighted by molar-refractivity contribution is 14.1. The lowest BCUT2D eigenvalue weighted by molar-refractivity contribution is -0.154. The number of fused-ring (bicyclic) bond motifs is 5. The van der Waals surface area contributed by atoms with Crippen molar-refractivity contribution in [2.45, 2.75) is 64.4 Å². The number of rotatable bonds is 1. The van der Waals surface area contributed by atoms with E-state index < -0.39 is 0 Å². The van der Waals surface area contributed by atoms with Gasteiger partial charge in [-0.15, -0.1) is 0 Å². The van der Waals surface area contributed by atoms with Crippen LogP contribution in [0.5, 0.6) is 5.75 Å². The van der Waals surface area contributed by atoms with Crippen LogP contribution in [0.1, 0.15) is 63.0 Å². The van der Waals surface area contributed by atoms with E-state index in [1.165, 1.54) is 37.3 Å². The van der Waals surface area contributed by atoms with Gasteiger partial charge in [0.1, 0.15) is 11.9 Å². The smallest absolute Gasteiger partial charge is 0.302 e. The summed E-state index contributed by atoms with van der Waals surface area (Å²) in [5.41, 5.74) is 2.95. The van der Waals surface area contributed by atoms with Gasteiger partial charge in [-0.2, -0.15) is 0 Å². The molecular formula is C20H25IO3. The molecule has 0 bridgehead atoms. The lowest BCUT2D eigenvalue weighted by Crippen LogP contribution is -2.45. The van der Waals surface area contributed by atoms with E-state index in [9.17, 15) is 9.90 Å². The van der Waals surface area contributed by atoms with E-state index >= 15 is 0 Å². The van der Waals surface area contributed by atoms with E-state index in [4.69, 9.17) is 4.74 Å². The predicted molar refractivity (Wildman–Crippen MR) is 101 cm³/mol. The van der Waals surface area contributed by atoms with Gasteiger partial charge in [-0.25, -0.2) is 0 Å². The van der Waals surface area contributed by atoms with Crippen molar-refractivity contribution in [2.24, 2.45) is 17.3 Å². The Hall–Kier alpha value is -0.780. The molecule has 0 amide bonds. The molecule has 0 radical (unpaired) electrons. The summed E-state index contributed by atoms with van der Waals surface area (Å²) in [4.78, 5) is 11.5. The molecule has 4 rings (SSSR count). The molecule has 4 heteroatoms. The first-order valence-electron chi connectivity index (χ1n) is 9.08. The van der Waals surface area contributed by atoms with Gasteiger partial charge in [-0.3, -0.25) is 4.79 Å². The molecule has 3 aliphatic carbocycles. The third-order valence-electron chi connectivity index (χ3n) is 7.01. The first kappa shape index (κ1) is 16.7. The minimum absolute atomic E-state index is 0.0994. The Kier molecular flexibility index (Phi) is 4.09. The summed E-state index contributed by atoms with van der Waals surface area (Å²) in [6, 6.07) is 4.20. The van der Waals surface area contributed by atoms with Gasteiger partial charge in [0.15, 0.2) is 0 Å². The number of carbonyl (C=O) groups is 1. The molecule has 1 aromatic rings. The number of ether oxygens (including phenoxy) is 1. The summed E-state index contributed by atoms with van der Waals surface area (Å²) >= 11 is 2.24. The van der Waals surface area contributed by atoms with Crippen molar-refractivity contribution in [3.8, 4) is 5.75 Å². The zero-order valence-corrected chi connectivity index (χ0v) is 16.5. The number of hydrogen-bond donors (Lipinski definition) is 1. The zero-order valence-electron chi connectivity index (χ0n) is 14.3. The van der Waals surface area contributed by atoms with Gasteiger partial charge in [0, 0.05) is 12.3 Å². The Morgan fingerprint density at radius 2 is 2.08 bits per heavy atom. The van der Waals surface area contributed by atoms with Crippen molar-refractivity contribution in [3.05, 3.63) is 26.8 Å². The minimum Gasteiger partial charge on any atom is -0.507 e. The number of carbonyl (C=O) groups excluding carboxylic acids is 1. The molecular weight excluding hydrogens is 415 g/mol. The summed E-state index contributed by atoms with van der Waals surface area (Å²) in [6.07, 6.45) is 6.86.